The number of amides is 1. The summed E-state index contributed by atoms with van der Waals surface area (Å²) in [6, 6.07) is 6.24. The van der Waals surface area contributed by atoms with Crippen molar-refractivity contribution in [2.45, 2.75) is 44.9 Å². The van der Waals surface area contributed by atoms with Crippen molar-refractivity contribution in [2.24, 2.45) is 0 Å². The molecule has 2 unspecified atom stereocenters. The van der Waals surface area contributed by atoms with Gasteiger partial charge in [0.15, 0.2) is 0 Å². The predicted octanol–water partition coefficient (Wildman–Crippen LogP) is 2.15. The monoisotopic (exact) mass is 300 g/mol. The second-order valence-electron chi connectivity index (χ2n) is 6.75. The van der Waals surface area contributed by atoms with Crippen LogP contribution in [-0.2, 0) is 4.74 Å². The van der Waals surface area contributed by atoms with Crippen LogP contribution in [0.3, 0.4) is 0 Å². The van der Waals surface area contributed by atoms with Gasteiger partial charge in [-0.25, -0.2) is 9.78 Å². The molecule has 6 nitrogen and oxygen atoms in total. The third-order valence-electron chi connectivity index (χ3n) is 3.91. The average molecular weight is 300 g/mol. The number of aromatic nitrogens is 1. The van der Waals surface area contributed by atoms with Gasteiger partial charge in [0, 0.05) is 19.3 Å². The van der Waals surface area contributed by atoms with E-state index < -0.39 is 5.60 Å². The summed E-state index contributed by atoms with van der Waals surface area (Å²) in [4.78, 5) is 20.6. The van der Waals surface area contributed by atoms with E-state index in [-0.39, 0.29) is 12.1 Å². The van der Waals surface area contributed by atoms with Crippen LogP contribution in [0.15, 0.2) is 18.3 Å². The van der Waals surface area contributed by atoms with Gasteiger partial charge in [0.25, 0.3) is 0 Å². The molecule has 1 aromatic heterocycles. The molecule has 1 aliphatic heterocycles. The number of pyridine rings is 1. The minimum Gasteiger partial charge on any atom is -0.444 e. The third kappa shape index (κ3) is 2.84. The summed E-state index contributed by atoms with van der Waals surface area (Å²) in [5.41, 5.74) is 0.0938. The summed E-state index contributed by atoms with van der Waals surface area (Å²) in [6.07, 6.45) is 2.31. The number of fused-ring (bicyclic) bond motifs is 1. The lowest BCUT2D eigenvalue weighted by molar-refractivity contribution is 0.0218. The molecule has 0 spiro atoms. The molecule has 0 radical (unpaired) electrons. The van der Waals surface area contributed by atoms with Gasteiger partial charge in [0.1, 0.15) is 17.5 Å². The Labute approximate surface area is 130 Å². The molecule has 2 fully saturated rings. The Kier molecular flexibility index (Phi) is 3.44. The van der Waals surface area contributed by atoms with Gasteiger partial charge in [-0.3, -0.25) is 0 Å². The van der Waals surface area contributed by atoms with Crippen LogP contribution >= 0.6 is 0 Å². The van der Waals surface area contributed by atoms with Crippen molar-refractivity contribution >= 4 is 11.9 Å². The Morgan fingerprint density at radius 2 is 2.14 bits per heavy atom. The number of ether oxygens (including phenoxy) is 1. The molecular formula is C16H20N4O2. The molecule has 1 saturated carbocycles. The van der Waals surface area contributed by atoms with E-state index in [2.05, 4.69) is 16.0 Å². The van der Waals surface area contributed by atoms with Crippen molar-refractivity contribution in [3.05, 3.63) is 23.9 Å². The Morgan fingerprint density at radius 1 is 1.36 bits per heavy atom. The van der Waals surface area contributed by atoms with E-state index in [1.54, 1.807) is 12.3 Å². The molecule has 0 bridgehead atoms. The SMILES string of the molecule is CC(C)(C)OC(=O)N1CCN(c2ccc(C#N)cn2)C2CC21. The highest BCUT2D eigenvalue weighted by Crippen LogP contribution is 2.39. The van der Waals surface area contributed by atoms with E-state index in [9.17, 15) is 4.79 Å². The molecule has 3 rings (SSSR count). The quantitative estimate of drug-likeness (QED) is 0.795. The van der Waals surface area contributed by atoms with Gasteiger partial charge in [0.05, 0.1) is 17.6 Å². The summed E-state index contributed by atoms with van der Waals surface area (Å²) in [5, 5.41) is 8.83. The number of piperazine rings is 1. The number of carbonyl (C=O) groups is 1. The molecule has 1 amide bonds. The summed E-state index contributed by atoms with van der Waals surface area (Å²) in [7, 11) is 0. The van der Waals surface area contributed by atoms with Crippen molar-refractivity contribution in [3.63, 3.8) is 0 Å². The van der Waals surface area contributed by atoms with Gasteiger partial charge < -0.3 is 14.5 Å². The molecule has 1 aromatic rings. The topological polar surface area (TPSA) is 69.5 Å². The summed E-state index contributed by atoms with van der Waals surface area (Å²) in [5.74, 6) is 0.871. The van der Waals surface area contributed by atoms with E-state index >= 15 is 0 Å². The average Bonchev–Trinajstić information content (AvgIpc) is 3.24. The summed E-state index contributed by atoms with van der Waals surface area (Å²) < 4.78 is 5.46. The van der Waals surface area contributed by atoms with Crippen LogP contribution in [0, 0.1) is 11.3 Å². The smallest absolute Gasteiger partial charge is 0.410 e. The van der Waals surface area contributed by atoms with E-state index in [1.807, 2.05) is 31.7 Å². The molecule has 1 saturated heterocycles. The first kappa shape index (κ1) is 14.6. The van der Waals surface area contributed by atoms with Crippen molar-refractivity contribution in [1.29, 1.82) is 5.26 Å². The second kappa shape index (κ2) is 5.16. The van der Waals surface area contributed by atoms with Crippen molar-refractivity contribution in [3.8, 4) is 6.07 Å². The first-order chi connectivity index (χ1) is 10.4. The Bertz CT molecular complexity index is 615. The fourth-order valence-electron chi connectivity index (χ4n) is 2.84. The van der Waals surface area contributed by atoms with Crippen LogP contribution in [-0.4, -0.2) is 46.8 Å². The second-order valence-corrected chi connectivity index (χ2v) is 6.75. The Hall–Kier alpha value is -2.29. The zero-order valence-corrected chi connectivity index (χ0v) is 13.1. The minimum atomic E-state index is -0.465. The molecule has 116 valence electrons. The van der Waals surface area contributed by atoms with E-state index in [1.165, 1.54) is 0 Å². The normalized spacial score (nSPS) is 23.5. The van der Waals surface area contributed by atoms with Crippen molar-refractivity contribution in [2.75, 3.05) is 18.0 Å². The molecule has 2 heterocycles. The number of hydrogen-bond donors (Lipinski definition) is 0. The number of hydrogen-bond acceptors (Lipinski definition) is 5. The van der Waals surface area contributed by atoms with Crippen LogP contribution in [0.25, 0.3) is 0 Å². The highest BCUT2D eigenvalue weighted by molar-refractivity contribution is 5.70. The van der Waals surface area contributed by atoms with Crippen LogP contribution in [0.2, 0.25) is 0 Å². The fourth-order valence-corrected chi connectivity index (χ4v) is 2.84. The molecule has 22 heavy (non-hydrogen) atoms. The standard InChI is InChI=1S/C16H20N4O2/c1-16(2,3)22-15(21)20-7-6-19(12-8-13(12)20)14-5-4-11(9-17)10-18-14/h4-5,10,12-13H,6-8H2,1-3H3. The molecule has 6 heteroatoms. The number of carbonyl (C=O) groups excluding carboxylic acids is 1. The molecular weight excluding hydrogens is 280 g/mol. The van der Waals surface area contributed by atoms with Crippen LogP contribution < -0.4 is 4.90 Å². The zero-order valence-electron chi connectivity index (χ0n) is 13.1. The van der Waals surface area contributed by atoms with Crippen molar-refractivity contribution < 1.29 is 9.53 Å². The van der Waals surface area contributed by atoms with Gasteiger partial charge >= 0.3 is 6.09 Å². The molecule has 0 N–H and O–H groups in total. The van der Waals surface area contributed by atoms with Gasteiger partial charge in [-0.15, -0.1) is 0 Å². The maximum Gasteiger partial charge on any atom is 0.410 e. The Morgan fingerprint density at radius 3 is 2.73 bits per heavy atom. The molecule has 1 aliphatic carbocycles. The lowest BCUT2D eigenvalue weighted by Crippen LogP contribution is -2.50. The lowest BCUT2D eigenvalue weighted by Gasteiger charge is -2.35. The van der Waals surface area contributed by atoms with Gasteiger partial charge in [-0.2, -0.15) is 5.26 Å². The van der Waals surface area contributed by atoms with Gasteiger partial charge in [0.2, 0.25) is 0 Å². The summed E-state index contributed by atoms with van der Waals surface area (Å²) >= 11 is 0. The number of nitrogens with zero attached hydrogens (tertiary/aromatic N) is 4. The molecule has 0 aromatic carbocycles. The predicted molar refractivity (Wildman–Crippen MR) is 81.4 cm³/mol. The largest absolute Gasteiger partial charge is 0.444 e. The van der Waals surface area contributed by atoms with Crippen LogP contribution in [0.5, 0.6) is 0 Å². The molecule has 2 aliphatic rings. The number of rotatable bonds is 1. The number of nitriles is 1. The van der Waals surface area contributed by atoms with E-state index in [4.69, 9.17) is 10.00 Å². The fraction of sp³-hybridized carbons (Fsp3) is 0.562. The van der Waals surface area contributed by atoms with Gasteiger partial charge in [-0.1, -0.05) is 0 Å². The first-order valence-electron chi connectivity index (χ1n) is 7.51. The third-order valence-corrected chi connectivity index (χ3v) is 3.91. The van der Waals surface area contributed by atoms with E-state index in [0.29, 0.717) is 18.2 Å². The highest BCUT2D eigenvalue weighted by atomic mass is 16.6. The number of anilines is 1. The molecule has 2 atom stereocenters. The highest BCUT2D eigenvalue weighted by Gasteiger charge is 2.52. The maximum atomic E-state index is 12.2. The van der Waals surface area contributed by atoms with Crippen molar-refractivity contribution in [1.82, 2.24) is 9.88 Å². The van der Waals surface area contributed by atoms with Crippen LogP contribution in [0.4, 0.5) is 10.6 Å². The Balaban J connectivity index is 1.66. The lowest BCUT2D eigenvalue weighted by atomic mass is 10.2. The first-order valence-corrected chi connectivity index (χ1v) is 7.51. The zero-order chi connectivity index (χ0) is 15.9. The minimum absolute atomic E-state index is 0.209. The van der Waals surface area contributed by atoms with E-state index in [0.717, 1.165) is 18.8 Å². The van der Waals surface area contributed by atoms with Gasteiger partial charge in [-0.05, 0) is 39.3 Å². The van der Waals surface area contributed by atoms with Crippen LogP contribution in [0.1, 0.15) is 32.8 Å². The maximum absolute atomic E-state index is 12.2. The summed E-state index contributed by atoms with van der Waals surface area (Å²) in [6.45, 7) is 7.02.